The number of rotatable bonds is 4. The summed E-state index contributed by atoms with van der Waals surface area (Å²) in [6, 6.07) is 11.9. The largest absolute Gasteiger partial charge is 0.508 e. The Hall–Kier alpha value is -2.69. The first-order chi connectivity index (χ1) is 10.1. The number of carbonyl (C=O) groups excluding carboxylic acids is 1. The monoisotopic (exact) mass is 286 g/mol. The molecule has 0 atom stereocenters. The lowest BCUT2D eigenvalue weighted by Crippen LogP contribution is -2.20. The Morgan fingerprint density at radius 3 is 2.52 bits per heavy atom. The van der Waals surface area contributed by atoms with Gasteiger partial charge in [-0.05, 0) is 54.4 Å². The summed E-state index contributed by atoms with van der Waals surface area (Å²) >= 11 is 0. The van der Waals surface area contributed by atoms with E-state index in [4.69, 9.17) is 0 Å². The van der Waals surface area contributed by atoms with Crippen LogP contribution in [0.5, 0.6) is 5.75 Å². The number of hydrogen-bond donors (Lipinski definition) is 2. The van der Waals surface area contributed by atoms with Crippen LogP contribution in [0.2, 0.25) is 0 Å². The number of hydrazone groups is 1. The van der Waals surface area contributed by atoms with Crippen molar-refractivity contribution in [3.8, 4) is 5.75 Å². The van der Waals surface area contributed by atoms with Crippen LogP contribution in [-0.4, -0.2) is 16.7 Å². The van der Waals surface area contributed by atoms with Gasteiger partial charge < -0.3 is 5.11 Å². The molecule has 0 aliphatic carbocycles. The van der Waals surface area contributed by atoms with E-state index >= 15 is 0 Å². The zero-order chi connectivity index (χ0) is 15.2. The van der Waals surface area contributed by atoms with Crippen molar-refractivity contribution in [2.45, 2.75) is 13.3 Å². The molecule has 0 heterocycles. The van der Waals surface area contributed by atoms with Gasteiger partial charge in [0.05, 0.1) is 5.71 Å². The Balaban J connectivity index is 2.14. The van der Waals surface area contributed by atoms with Gasteiger partial charge in [0.2, 0.25) is 0 Å². The van der Waals surface area contributed by atoms with Crippen molar-refractivity contribution >= 4 is 11.6 Å². The fraction of sp³-hybridized carbons (Fsp3) is 0.125. The first-order valence-electron chi connectivity index (χ1n) is 6.52. The Kier molecular flexibility index (Phi) is 4.66. The number of aromatic hydroxyl groups is 1. The molecule has 108 valence electrons. The third-order valence-electron chi connectivity index (χ3n) is 2.91. The molecule has 21 heavy (non-hydrogen) atoms. The molecule has 2 N–H and O–H groups in total. The Labute approximate surface area is 121 Å². The average Bonchev–Trinajstić information content (AvgIpc) is 2.49. The highest BCUT2D eigenvalue weighted by Gasteiger charge is 2.07. The molecule has 0 bridgehead atoms. The van der Waals surface area contributed by atoms with E-state index in [9.17, 15) is 14.3 Å². The number of amides is 1. The Bertz CT molecular complexity index is 666. The molecule has 0 aliphatic heterocycles. The van der Waals surface area contributed by atoms with Crippen molar-refractivity contribution in [3.63, 3.8) is 0 Å². The van der Waals surface area contributed by atoms with E-state index in [0.717, 1.165) is 11.6 Å². The van der Waals surface area contributed by atoms with Gasteiger partial charge in [-0.25, -0.2) is 9.82 Å². The molecule has 0 saturated heterocycles. The second-order valence-corrected chi connectivity index (χ2v) is 4.41. The van der Waals surface area contributed by atoms with E-state index in [1.165, 1.54) is 18.2 Å². The highest BCUT2D eigenvalue weighted by molar-refractivity contribution is 6.02. The molecule has 0 aromatic heterocycles. The Morgan fingerprint density at radius 2 is 1.90 bits per heavy atom. The van der Waals surface area contributed by atoms with Crippen LogP contribution in [0, 0.1) is 5.82 Å². The number of phenols is 1. The topological polar surface area (TPSA) is 61.7 Å². The second kappa shape index (κ2) is 6.65. The summed E-state index contributed by atoms with van der Waals surface area (Å²) < 4.78 is 13.1. The van der Waals surface area contributed by atoms with Gasteiger partial charge in [-0.15, -0.1) is 0 Å². The van der Waals surface area contributed by atoms with Crippen LogP contribution >= 0.6 is 0 Å². The smallest absolute Gasteiger partial charge is 0.271 e. The van der Waals surface area contributed by atoms with Gasteiger partial charge in [0.15, 0.2) is 0 Å². The molecular formula is C16H15FN2O2. The minimum atomic E-state index is -0.473. The van der Waals surface area contributed by atoms with E-state index in [-0.39, 0.29) is 11.3 Å². The van der Waals surface area contributed by atoms with Gasteiger partial charge in [0, 0.05) is 5.56 Å². The van der Waals surface area contributed by atoms with Crippen molar-refractivity contribution in [1.82, 2.24) is 5.43 Å². The molecule has 2 rings (SSSR count). The predicted octanol–water partition coefficient (Wildman–Crippen LogP) is 3.08. The van der Waals surface area contributed by atoms with Crippen LogP contribution in [0.1, 0.15) is 29.3 Å². The fourth-order valence-corrected chi connectivity index (χ4v) is 1.81. The molecule has 0 aliphatic rings. The lowest BCUT2D eigenvalue weighted by Gasteiger charge is -2.05. The van der Waals surface area contributed by atoms with Gasteiger partial charge in [-0.2, -0.15) is 5.10 Å². The van der Waals surface area contributed by atoms with Crippen molar-refractivity contribution in [2.24, 2.45) is 5.10 Å². The van der Waals surface area contributed by atoms with E-state index in [1.807, 2.05) is 6.92 Å². The molecule has 1 amide bonds. The highest BCUT2D eigenvalue weighted by Crippen LogP contribution is 2.12. The number of nitrogens with one attached hydrogen (secondary N) is 1. The van der Waals surface area contributed by atoms with Gasteiger partial charge in [-0.1, -0.05) is 13.0 Å². The van der Waals surface area contributed by atoms with Crippen molar-refractivity contribution in [3.05, 3.63) is 65.5 Å². The maximum Gasteiger partial charge on any atom is 0.271 e. The van der Waals surface area contributed by atoms with Crippen LogP contribution < -0.4 is 5.43 Å². The second-order valence-electron chi connectivity index (χ2n) is 4.41. The summed E-state index contributed by atoms with van der Waals surface area (Å²) in [6.07, 6.45) is 0.605. The summed E-state index contributed by atoms with van der Waals surface area (Å²) in [5, 5.41) is 13.3. The number of nitrogens with zero attached hydrogens (tertiary/aromatic N) is 1. The van der Waals surface area contributed by atoms with Crippen LogP contribution in [0.4, 0.5) is 4.39 Å². The molecule has 0 unspecified atom stereocenters. The molecule has 0 radical (unpaired) electrons. The van der Waals surface area contributed by atoms with Gasteiger partial charge in [-0.3, -0.25) is 4.79 Å². The quantitative estimate of drug-likeness (QED) is 0.670. The maximum atomic E-state index is 13.1. The first-order valence-corrected chi connectivity index (χ1v) is 6.52. The maximum absolute atomic E-state index is 13.1. The molecule has 2 aromatic rings. The van der Waals surface area contributed by atoms with Gasteiger partial charge in [0.1, 0.15) is 11.6 Å². The predicted molar refractivity (Wildman–Crippen MR) is 78.8 cm³/mol. The van der Waals surface area contributed by atoms with Gasteiger partial charge in [0.25, 0.3) is 5.91 Å². The number of halogens is 1. The summed E-state index contributed by atoms with van der Waals surface area (Å²) in [5.74, 6) is -0.780. The molecule has 2 aromatic carbocycles. The molecule has 0 spiro atoms. The minimum Gasteiger partial charge on any atom is -0.508 e. The van der Waals surface area contributed by atoms with Crippen LogP contribution in [0.25, 0.3) is 0 Å². The van der Waals surface area contributed by atoms with Gasteiger partial charge >= 0.3 is 0 Å². The van der Waals surface area contributed by atoms with Crippen molar-refractivity contribution in [1.29, 1.82) is 0 Å². The third kappa shape index (κ3) is 3.89. The molecule has 5 heteroatoms. The molecular weight excluding hydrogens is 271 g/mol. The zero-order valence-electron chi connectivity index (χ0n) is 11.5. The summed E-state index contributed by atoms with van der Waals surface area (Å²) in [4.78, 5) is 11.9. The fourth-order valence-electron chi connectivity index (χ4n) is 1.81. The van der Waals surface area contributed by atoms with Crippen LogP contribution in [0.15, 0.2) is 53.6 Å². The molecule has 0 fully saturated rings. The van der Waals surface area contributed by atoms with Crippen molar-refractivity contribution in [2.75, 3.05) is 0 Å². The highest BCUT2D eigenvalue weighted by atomic mass is 19.1. The average molecular weight is 286 g/mol. The Morgan fingerprint density at radius 1 is 1.19 bits per heavy atom. The number of phenolic OH excluding ortho intramolecular Hbond substituents is 1. The van der Waals surface area contributed by atoms with E-state index in [2.05, 4.69) is 10.5 Å². The summed E-state index contributed by atoms with van der Waals surface area (Å²) in [6.45, 7) is 1.90. The number of hydrogen-bond acceptors (Lipinski definition) is 3. The standard InChI is InChI=1S/C16H15FN2O2/c1-2-15(11-6-8-14(20)9-7-11)18-19-16(21)12-4-3-5-13(17)10-12/h3-10,20H,2H2,1H3,(H,19,21)/b18-15+. The van der Waals surface area contributed by atoms with E-state index < -0.39 is 11.7 Å². The lowest BCUT2D eigenvalue weighted by molar-refractivity contribution is 0.0954. The summed E-state index contributed by atoms with van der Waals surface area (Å²) in [7, 11) is 0. The summed E-state index contributed by atoms with van der Waals surface area (Å²) in [5.41, 5.74) is 4.09. The SMILES string of the molecule is CC/C(=N\NC(=O)c1cccc(F)c1)c1ccc(O)cc1. The van der Waals surface area contributed by atoms with Crippen LogP contribution in [-0.2, 0) is 0 Å². The molecule has 0 saturated carbocycles. The molecule has 4 nitrogen and oxygen atoms in total. The van der Waals surface area contributed by atoms with Crippen LogP contribution in [0.3, 0.4) is 0 Å². The lowest BCUT2D eigenvalue weighted by atomic mass is 10.1. The number of carbonyl (C=O) groups is 1. The first kappa shape index (κ1) is 14.7. The van der Waals surface area contributed by atoms with Crippen molar-refractivity contribution < 1.29 is 14.3 Å². The normalized spacial score (nSPS) is 11.2. The zero-order valence-corrected chi connectivity index (χ0v) is 11.5. The number of benzene rings is 2. The third-order valence-corrected chi connectivity index (χ3v) is 2.91. The van der Waals surface area contributed by atoms with E-state index in [0.29, 0.717) is 12.1 Å². The minimum absolute atomic E-state index is 0.165. The van der Waals surface area contributed by atoms with E-state index in [1.54, 1.807) is 24.3 Å².